The van der Waals surface area contributed by atoms with Crippen LogP contribution in [0.3, 0.4) is 0 Å². The van der Waals surface area contributed by atoms with Crippen LogP contribution in [-0.4, -0.2) is 43.5 Å². The van der Waals surface area contributed by atoms with E-state index in [1.165, 1.54) is 35.5 Å². The minimum Gasteiger partial charge on any atom is -0.508 e. The minimum atomic E-state index is -0.912. The second-order valence-electron chi connectivity index (χ2n) is 5.33. The number of benzene rings is 2. The first-order chi connectivity index (χ1) is 12.9. The van der Waals surface area contributed by atoms with Gasteiger partial charge in [-0.1, -0.05) is 11.6 Å². The monoisotopic (exact) mass is 388 g/mol. The third kappa shape index (κ3) is 4.33. The highest BCUT2D eigenvalue weighted by molar-refractivity contribution is 6.31. The molecule has 27 heavy (non-hydrogen) atoms. The van der Waals surface area contributed by atoms with Gasteiger partial charge in [-0.25, -0.2) is 14.5 Å². The minimum absolute atomic E-state index is 0.174. The summed E-state index contributed by atoms with van der Waals surface area (Å²) < 4.78 is 6.32. The molecule has 0 aliphatic heterocycles. The van der Waals surface area contributed by atoms with Crippen LogP contribution >= 0.6 is 11.6 Å². The van der Waals surface area contributed by atoms with Crippen LogP contribution < -0.4 is 5.32 Å². The molecule has 0 fully saturated rings. The molecule has 0 unspecified atom stereocenters. The summed E-state index contributed by atoms with van der Waals surface area (Å²) in [6.07, 6.45) is 2.79. The Balaban J connectivity index is 1.68. The maximum Gasteiger partial charge on any atom is 0.342 e. The molecule has 3 aromatic rings. The molecule has 0 aliphatic rings. The highest BCUT2D eigenvalue weighted by Gasteiger charge is 2.16. The van der Waals surface area contributed by atoms with Gasteiger partial charge >= 0.3 is 5.97 Å². The van der Waals surface area contributed by atoms with Crippen molar-refractivity contribution < 1.29 is 24.5 Å². The molecule has 9 nitrogen and oxygen atoms in total. The van der Waals surface area contributed by atoms with Gasteiger partial charge in [0.25, 0.3) is 5.91 Å². The Morgan fingerprint density at radius 1 is 1.19 bits per heavy atom. The smallest absolute Gasteiger partial charge is 0.342 e. The average molecular weight is 389 g/mol. The molecule has 0 aliphatic carbocycles. The van der Waals surface area contributed by atoms with Crippen molar-refractivity contribution in [2.45, 2.75) is 0 Å². The van der Waals surface area contributed by atoms with Crippen LogP contribution in [0, 0.1) is 0 Å². The number of phenolic OH excluding ortho intramolecular Hbond substituents is 2. The van der Waals surface area contributed by atoms with Crippen LogP contribution in [-0.2, 0) is 9.53 Å². The second kappa shape index (κ2) is 7.75. The largest absolute Gasteiger partial charge is 0.508 e. The predicted molar refractivity (Wildman–Crippen MR) is 95.1 cm³/mol. The lowest BCUT2D eigenvalue weighted by Crippen LogP contribution is -2.21. The summed E-state index contributed by atoms with van der Waals surface area (Å²) in [6.45, 7) is -0.595. The van der Waals surface area contributed by atoms with Crippen molar-refractivity contribution in [1.82, 2.24) is 14.8 Å². The number of carbonyl (C=O) groups is 2. The molecule has 3 rings (SSSR count). The van der Waals surface area contributed by atoms with Crippen LogP contribution in [0.15, 0.2) is 49.1 Å². The van der Waals surface area contributed by atoms with Crippen molar-refractivity contribution in [1.29, 1.82) is 0 Å². The SMILES string of the molecule is O=C(COC(=O)c1ccc(O)cc1O)Nc1cc(Cl)ccc1-n1cncn1. The van der Waals surface area contributed by atoms with Crippen LogP contribution in [0.5, 0.6) is 11.5 Å². The van der Waals surface area contributed by atoms with Gasteiger partial charge in [-0.3, -0.25) is 4.79 Å². The van der Waals surface area contributed by atoms with Crippen molar-refractivity contribution in [2.75, 3.05) is 11.9 Å². The van der Waals surface area contributed by atoms with E-state index < -0.39 is 24.2 Å². The van der Waals surface area contributed by atoms with Crippen LogP contribution in [0.2, 0.25) is 5.02 Å². The van der Waals surface area contributed by atoms with E-state index in [9.17, 15) is 19.8 Å². The van der Waals surface area contributed by atoms with Crippen molar-refractivity contribution in [3.8, 4) is 17.2 Å². The fraction of sp³-hybridized carbons (Fsp3) is 0.0588. The van der Waals surface area contributed by atoms with Gasteiger partial charge in [0.15, 0.2) is 6.61 Å². The first-order valence-corrected chi connectivity index (χ1v) is 7.95. The number of halogens is 1. The standard InChI is InChI=1S/C17H13ClN4O5/c18-10-1-4-14(22-9-19-8-20-22)13(5-10)21-16(25)7-27-17(26)12-3-2-11(23)6-15(12)24/h1-6,8-9,23-24H,7H2,(H,21,25). The number of rotatable bonds is 5. The Bertz CT molecular complexity index is 991. The van der Waals surface area contributed by atoms with Crippen LogP contribution in [0.1, 0.15) is 10.4 Å². The first kappa shape index (κ1) is 18.2. The second-order valence-corrected chi connectivity index (χ2v) is 5.76. The highest BCUT2D eigenvalue weighted by atomic mass is 35.5. The summed E-state index contributed by atoms with van der Waals surface area (Å²) in [7, 11) is 0. The zero-order valence-electron chi connectivity index (χ0n) is 13.7. The fourth-order valence-corrected chi connectivity index (χ4v) is 2.40. The Labute approximate surface area is 157 Å². The molecular weight excluding hydrogens is 376 g/mol. The van der Waals surface area contributed by atoms with Crippen molar-refractivity contribution in [2.24, 2.45) is 0 Å². The lowest BCUT2D eigenvalue weighted by Gasteiger charge is -2.12. The number of esters is 1. The first-order valence-electron chi connectivity index (χ1n) is 7.57. The Morgan fingerprint density at radius 2 is 2.00 bits per heavy atom. The van der Waals surface area contributed by atoms with Gasteiger partial charge in [0.05, 0.1) is 11.4 Å². The summed E-state index contributed by atoms with van der Waals surface area (Å²) in [4.78, 5) is 27.9. The van der Waals surface area contributed by atoms with Gasteiger partial charge in [0.1, 0.15) is 29.7 Å². The number of aromatic nitrogens is 3. The molecule has 1 heterocycles. The predicted octanol–water partition coefficient (Wildman–Crippen LogP) is 2.13. The van der Waals surface area contributed by atoms with Crippen molar-refractivity contribution >= 4 is 29.2 Å². The van der Waals surface area contributed by atoms with Gasteiger partial charge in [0, 0.05) is 11.1 Å². The van der Waals surface area contributed by atoms with E-state index in [1.54, 1.807) is 12.1 Å². The zero-order valence-corrected chi connectivity index (χ0v) is 14.4. The lowest BCUT2D eigenvalue weighted by atomic mass is 10.2. The van der Waals surface area contributed by atoms with Crippen LogP contribution in [0.25, 0.3) is 5.69 Å². The van der Waals surface area contributed by atoms with Gasteiger partial charge in [-0.2, -0.15) is 5.10 Å². The summed E-state index contributed by atoms with van der Waals surface area (Å²) in [5, 5.41) is 25.8. The molecule has 0 saturated carbocycles. The Kier molecular flexibility index (Phi) is 5.23. The molecule has 10 heteroatoms. The topological polar surface area (TPSA) is 127 Å². The molecule has 1 amide bonds. The Hall–Kier alpha value is -3.59. The number of hydrogen-bond acceptors (Lipinski definition) is 7. The van der Waals surface area contributed by atoms with E-state index >= 15 is 0 Å². The number of hydrogen-bond donors (Lipinski definition) is 3. The highest BCUT2D eigenvalue weighted by Crippen LogP contribution is 2.25. The van der Waals surface area contributed by atoms with E-state index in [4.69, 9.17) is 16.3 Å². The number of amides is 1. The molecule has 0 bridgehead atoms. The summed E-state index contributed by atoms with van der Waals surface area (Å²) in [5.74, 6) is -2.19. The number of carbonyl (C=O) groups excluding carboxylic acids is 2. The van der Waals surface area contributed by atoms with E-state index in [0.717, 1.165) is 6.07 Å². The van der Waals surface area contributed by atoms with E-state index in [1.807, 2.05) is 0 Å². The van der Waals surface area contributed by atoms with Gasteiger partial charge in [0.2, 0.25) is 0 Å². The van der Waals surface area contributed by atoms with E-state index in [-0.39, 0.29) is 11.3 Å². The molecule has 0 saturated heterocycles. The molecule has 0 radical (unpaired) electrons. The quantitative estimate of drug-likeness (QED) is 0.571. The molecule has 138 valence electrons. The van der Waals surface area contributed by atoms with Gasteiger partial charge in [-0.15, -0.1) is 0 Å². The molecule has 0 atom stereocenters. The van der Waals surface area contributed by atoms with E-state index in [0.29, 0.717) is 16.4 Å². The summed E-state index contributed by atoms with van der Waals surface area (Å²) in [6, 6.07) is 8.18. The molecule has 2 aromatic carbocycles. The Morgan fingerprint density at radius 3 is 2.70 bits per heavy atom. The number of phenols is 2. The third-order valence-corrected chi connectivity index (χ3v) is 3.67. The zero-order chi connectivity index (χ0) is 19.4. The summed E-state index contributed by atoms with van der Waals surface area (Å²) >= 11 is 5.97. The summed E-state index contributed by atoms with van der Waals surface area (Å²) in [5.41, 5.74) is 0.695. The molecule has 0 spiro atoms. The van der Waals surface area contributed by atoms with Crippen LogP contribution in [0.4, 0.5) is 5.69 Å². The maximum atomic E-state index is 12.1. The molecule has 3 N–H and O–H groups in total. The van der Waals surface area contributed by atoms with Gasteiger partial charge in [-0.05, 0) is 30.3 Å². The average Bonchev–Trinajstić information content (AvgIpc) is 3.14. The number of anilines is 1. The van der Waals surface area contributed by atoms with Crippen molar-refractivity contribution in [3.05, 3.63) is 59.6 Å². The molecule has 1 aromatic heterocycles. The number of nitrogens with zero attached hydrogens (tertiary/aromatic N) is 3. The number of aromatic hydroxyl groups is 2. The normalized spacial score (nSPS) is 10.4. The number of nitrogens with one attached hydrogen (secondary N) is 1. The van der Waals surface area contributed by atoms with E-state index in [2.05, 4.69) is 15.4 Å². The number of ether oxygens (including phenoxy) is 1. The lowest BCUT2D eigenvalue weighted by molar-refractivity contribution is -0.119. The van der Waals surface area contributed by atoms with Gasteiger partial charge < -0.3 is 20.3 Å². The fourth-order valence-electron chi connectivity index (χ4n) is 2.23. The third-order valence-electron chi connectivity index (χ3n) is 3.43. The molecular formula is C17H13ClN4O5. The maximum absolute atomic E-state index is 12.1. The van der Waals surface area contributed by atoms with Crippen molar-refractivity contribution in [3.63, 3.8) is 0 Å².